The Balaban J connectivity index is 1.61. The molecule has 1 aliphatic carbocycles. The van der Waals surface area contributed by atoms with Crippen LogP contribution in [0.2, 0.25) is 0 Å². The van der Waals surface area contributed by atoms with Crippen LogP contribution in [-0.2, 0) is 0 Å². The smallest absolute Gasteiger partial charge is 0.00682 e. The van der Waals surface area contributed by atoms with Crippen molar-refractivity contribution in [1.29, 1.82) is 0 Å². The molecule has 1 rings (SSSR count). The highest BCUT2D eigenvalue weighted by Crippen LogP contribution is 2.18. The number of unbranched alkanes of at least 4 members (excludes halogenated alkanes) is 5. The van der Waals surface area contributed by atoms with Crippen molar-refractivity contribution in [2.75, 3.05) is 19.6 Å². The zero-order chi connectivity index (χ0) is 11.5. The van der Waals surface area contributed by atoms with Crippen molar-refractivity contribution in [2.24, 2.45) is 0 Å². The van der Waals surface area contributed by atoms with Gasteiger partial charge in [-0.15, -0.1) is 0 Å². The van der Waals surface area contributed by atoms with E-state index in [-0.39, 0.29) is 0 Å². The van der Waals surface area contributed by atoms with Gasteiger partial charge in [-0.1, -0.05) is 39.0 Å². The second-order valence-electron chi connectivity index (χ2n) is 5.10. The standard InChI is InChI=1S/C14H30N2/c1-2-3-4-5-6-7-11-15-12-8-13-16-14-9-10-14/h14-16H,2-13H2,1H3. The molecular weight excluding hydrogens is 196 g/mol. The summed E-state index contributed by atoms with van der Waals surface area (Å²) < 4.78 is 0. The molecule has 0 heterocycles. The van der Waals surface area contributed by atoms with Crippen molar-refractivity contribution in [3.8, 4) is 0 Å². The first-order valence-corrected chi connectivity index (χ1v) is 7.37. The van der Waals surface area contributed by atoms with Crippen LogP contribution in [0, 0.1) is 0 Å². The second-order valence-corrected chi connectivity index (χ2v) is 5.10. The van der Waals surface area contributed by atoms with Gasteiger partial charge in [0.25, 0.3) is 0 Å². The van der Waals surface area contributed by atoms with Crippen LogP contribution in [0.25, 0.3) is 0 Å². The second kappa shape index (κ2) is 10.1. The highest BCUT2D eigenvalue weighted by Gasteiger charge is 2.19. The average molecular weight is 226 g/mol. The lowest BCUT2D eigenvalue weighted by Gasteiger charge is -2.05. The van der Waals surface area contributed by atoms with Gasteiger partial charge >= 0.3 is 0 Å². The third-order valence-corrected chi connectivity index (χ3v) is 3.25. The van der Waals surface area contributed by atoms with Crippen LogP contribution < -0.4 is 10.6 Å². The minimum absolute atomic E-state index is 0.874. The molecule has 16 heavy (non-hydrogen) atoms. The van der Waals surface area contributed by atoms with Gasteiger partial charge < -0.3 is 10.6 Å². The van der Waals surface area contributed by atoms with E-state index < -0.39 is 0 Å². The van der Waals surface area contributed by atoms with Gasteiger partial charge in [-0.3, -0.25) is 0 Å². The quantitative estimate of drug-likeness (QED) is 0.500. The Morgan fingerprint density at radius 2 is 1.50 bits per heavy atom. The molecule has 0 bridgehead atoms. The molecule has 2 nitrogen and oxygen atoms in total. The van der Waals surface area contributed by atoms with Crippen LogP contribution in [0.3, 0.4) is 0 Å². The van der Waals surface area contributed by atoms with Crippen LogP contribution >= 0.6 is 0 Å². The lowest BCUT2D eigenvalue weighted by molar-refractivity contribution is 0.552. The van der Waals surface area contributed by atoms with E-state index in [0.717, 1.165) is 6.04 Å². The summed E-state index contributed by atoms with van der Waals surface area (Å²) in [6, 6.07) is 0.874. The topological polar surface area (TPSA) is 24.1 Å². The first-order valence-electron chi connectivity index (χ1n) is 7.37. The van der Waals surface area contributed by atoms with Gasteiger partial charge in [0.05, 0.1) is 0 Å². The fraction of sp³-hybridized carbons (Fsp3) is 1.00. The molecule has 0 spiro atoms. The lowest BCUT2D eigenvalue weighted by Crippen LogP contribution is -2.23. The highest BCUT2D eigenvalue weighted by molar-refractivity contribution is 4.80. The third-order valence-electron chi connectivity index (χ3n) is 3.25. The SMILES string of the molecule is CCCCCCCCNCCCNC1CC1. The Hall–Kier alpha value is -0.0800. The Morgan fingerprint density at radius 3 is 2.25 bits per heavy atom. The molecule has 1 fully saturated rings. The monoisotopic (exact) mass is 226 g/mol. The zero-order valence-corrected chi connectivity index (χ0v) is 11.1. The molecule has 1 saturated carbocycles. The van der Waals surface area contributed by atoms with E-state index in [1.165, 1.54) is 77.4 Å². The van der Waals surface area contributed by atoms with Crippen molar-refractivity contribution < 1.29 is 0 Å². The molecular formula is C14H30N2. The van der Waals surface area contributed by atoms with Crippen molar-refractivity contribution in [1.82, 2.24) is 10.6 Å². The van der Waals surface area contributed by atoms with Gasteiger partial charge in [0.1, 0.15) is 0 Å². The summed E-state index contributed by atoms with van der Waals surface area (Å²) in [7, 11) is 0. The van der Waals surface area contributed by atoms with Gasteiger partial charge in [-0.25, -0.2) is 0 Å². The Morgan fingerprint density at radius 1 is 0.812 bits per heavy atom. The first kappa shape index (κ1) is 14.0. The number of rotatable bonds is 12. The van der Waals surface area contributed by atoms with Crippen molar-refractivity contribution in [2.45, 2.75) is 70.8 Å². The maximum Gasteiger partial charge on any atom is 0.00682 e. The van der Waals surface area contributed by atoms with Gasteiger partial charge in [0, 0.05) is 6.04 Å². The van der Waals surface area contributed by atoms with Gasteiger partial charge in [0.2, 0.25) is 0 Å². The van der Waals surface area contributed by atoms with E-state index in [0.29, 0.717) is 0 Å². The van der Waals surface area contributed by atoms with E-state index in [2.05, 4.69) is 17.6 Å². The molecule has 0 aromatic carbocycles. The van der Waals surface area contributed by atoms with Crippen LogP contribution in [0.5, 0.6) is 0 Å². The summed E-state index contributed by atoms with van der Waals surface area (Å²) in [5.74, 6) is 0. The van der Waals surface area contributed by atoms with Crippen molar-refractivity contribution in [3.63, 3.8) is 0 Å². The summed E-state index contributed by atoms with van der Waals surface area (Å²) in [4.78, 5) is 0. The van der Waals surface area contributed by atoms with E-state index in [9.17, 15) is 0 Å². The molecule has 0 amide bonds. The molecule has 0 saturated heterocycles. The van der Waals surface area contributed by atoms with Crippen molar-refractivity contribution in [3.05, 3.63) is 0 Å². The molecule has 0 unspecified atom stereocenters. The Kier molecular flexibility index (Phi) is 8.83. The minimum Gasteiger partial charge on any atom is -0.317 e. The molecule has 0 aliphatic heterocycles. The molecule has 96 valence electrons. The van der Waals surface area contributed by atoms with E-state index in [4.69, 9.17) is 0 Å². The largest absolute Gasteiger partial charge is 0.317 e. The number of nitrogens with one attached hydrogen (secondary N) is 2. The fourth-order valence-corrected chi connectivity index (χ4v) is 1.96. The van der Waals surface area contributed by atoms with Crippen LogP contribution in [0.1, 0.15) is 64.7 Å². The average Bonchev–Trinajstić information content (AvgIpc) is 3.10. The molecule has 0 radical (unpaired) electrons. The molecule has 1 aliphatic rings. The van der Waals surface area contributed by atoms with Gasteiger partial charge in [-0.05, 0) is 45.3 Å². The predicted octanol–water partition coefficient (Wildman–Crippen LogP) is 3.08. The maximum absolute atomic E-state index is 3.54. The molecule has 2 N–H and O–H groups in total. The molecule has 2 heteroatoms. The molecule has 0 aromatic heterocycles. The third kappa shape index (κ3) is 9.17. The predicted molar refractivity (Wildman–Crippen MR) is 71.9 cm³/mol. The van der Waals surface area contributed by atoms with Crippen LogP contribution in [-0.4, -0.2) is 25.7 Å². The number of hydrogen-bond acceptors (Lipinski definition) is 2. The first-order chi connectivity index (χ1) is 7.93. The Labute approximate surface area is 102 Å². The maximum atomic E-state index is 3.54. The number of hydrogen-bond donors (Lipinski definition) is 2. The summed E-state index contributed by atoms with van der Waals surface area (Å²) in [6.45, 7) is 5.88. The normalized spacial score (nSPS) is 15.6. The summed E-state index contributed by atoms with van der Waals surface area (Å²) in [5, 5.41) is 7.07. The summed E-state index contributed by atoms with van der Waals surface area (Å²) in [6.07, 6.45) is 12.5. The fourth-order valence-electron chi connectivity index (χ4n) is 1.96. The van der Waals surface area contributed by atoms with Gasteiger partial charge in [0.15, 0.2) is 0 Å². The van der Waals surface area contributed by atoms with Crippen LogP contribution in [0.15, 0.2) is 0 Å². The molecule has 0 aromatic rings. The van der Waals surface area contributed by atoms with E-state index >= 15 is 0 Å². The highest BCUT2D eigenvalue weighted by atomic mass is 14.9. The minimum atomic E-state index is 0.874. The van der Waals surface area contributed by atoms with E-state index in [1.54, 1.807) is 0 Å². The van der Waals surface area contributed by atoms with Crippen LogP contribution in [0.4, 0.5) is 0 Å². The van der Waals surface area contributed by atoms with E-state index in [1.807, 2.05) is 0 Å². The summed E-state index contributed by atoms with van der Waals surface area (Å²) in [5.41, 5.74) is 0. The Bertz CT molecular complexity index is 144. The molecule has 0 atom stereocenters. The van der Waals surface area contributed by atoms with Gasteiger partial charge in [-0.2, -0.15) is 0 Å². The zero-order valence-electron chi connectivity index (χ0n) is 11.1. The van der Waals surface area contributed by atoms with Crippen molar-refractivity contribution >= 4 is 0 Å². The lowest BCUT2D eigenvalue weighted by atomic mass is 10.1. The summed E-state index contributed by atoms with van der Waals surface area (Å²) >= 11 is 0.